The predicted octanol–water partition coefficient (Wildman–Crippen LogP) is 6.13. The van der Waals surface area contributed by atoms with Crippen molar-refractivity contribution >= 4 is 5.57 Å². The lowest BCUT2D eigenvalue weighted by atomic mass is 9.94. The molecular weight excluding hydrogens is 401 g/mol. The number of halogens is 3. The summed E-state index contributed by atoms with van der Waals surface area (Å²) >= 11 is 0. The molecule has 0 amide bonds. The lowest BCUT2D eigenvalue weighted by Gasteiger charge is -2.13. The van der Waals surface area contributed by atoms with Crippen molar-refractivity contribution < 1.29 is 17.9 Å². The summed E-state index contributed by atoms with van der Waals surface area (Å²) in [7, 11) is 0. The molecule has 3 aromatic carbocycles. The largest absolute Gasteiger partial charge is 0.493 e. The molecule has 0 bridgehead atoms. The molecule has 0 aliphatic carbocycles. The molecule has 0 heterocycles. The summed E-state index contributed by atoms with van der Waals surface area (Å²) in [5.41, 5.74) is 1.53. The van der Waals surface area contributed by atoms with E-state index in [0.717, 1.165) is 11.6 Å². The number of alkyl halides is 3. The smallest absolute Gasteiger partial charge is 0.417 e. The summed E-state index contributed by atoms with van der Waals surface area (Å²) in [6, 6.07) is 21.4. The Bertz CT molecular complexity index is 1180. The van der Waals surface area contributed by atoms with Crippen LogP contribution in [0.25, 0.3) is 5.57 Å². The zero-order valence-corrected chi connectivity index (χ0v) is 16.4. The summed E-state index contributed by atoms with van der Waals surface area (Å²) in [4.78, 5) is 0. The molecule has 0 aliphatic heterocycles. The molecule has 3 rings (SSSR count). The van der Waals surface area contributed by atoms with Crippen LogP contribution in [0.3, 0.4) is 0 Å². The van der Waals surface area contributed by atoms with Crippen LogP contribution in [0.1, 0.15) is 33.4 Å². The van der Waals surface area contributed by atoms with Crippen molar-refractivity contribution in [3.8, 4) is 17.9 Å². The van der Waals surface area contributed by atoms with Gasteiger partial charge in [-0.25, -0.2) is 0 Å². The molecule has 0 spiro atoms. The van der Waals surface area contributed by atoms with Crippen molar-refractivity contribution in [1.82, 2.24) is 0 Å². The topological polar surface area (TPSA) is 56.8 Å². The number of ether oxygens (including phenoxy) is 1. The fourth-order valence-electron chi connectivity index (χ4n) is 3.06. The van der Waals surface area contributed by atoms with Crippen LogP contribution in [-0.2, 0) is 12.6 Å². The van der Waals surface area contributed by atoms with E-state index in [1.165, 1.54) is 12.1 Å². The molecular formula is C25H17F3N2O. The van der Waals surface area contributed by atoms with Gasteiger partial charge in [0.15, 0.2) is 0 Å². The first-order valence-electron chi connectivity index (χ1n) is 9.34. The fourth-order valence-corrected chi connectivity index (χ4v) is 3.06. The quantitative estimate of drug-likeness (QED) is 0.484. The average molecular weight is 418 g/mol. The normalized spacial score (nSPS) is 10.7. The average Bonchev–Trinajstić information content (AvgIpc) is 2.78. The first-order chi connectivity index (χ1) is 14.8. The third-order valence-electron chi connectivity index (χ3n) is 4.71. The van der Waals surface area contributed by atoms with E-state index in [0.29, 0.717) is 41.0 Å². The SMILES string of the molecule is C=C(c1cccc(CCOc2ccc(C#N)cc2)c1)c1ccc(C#N)c(C(F)(F)F)c1. The van der Waals surface area contributed by atoms with E-state index < -0.39 is 17.3 Å². The summed E-state index contributed by atoms with van der Waals surface area (Å²) in [5, 5.41) is 17.8. The summed E-state index contributed by atoms with van der Waals surface area (Å²) in [5.74, 6) is 0.650. The van der Waals surface area contributed by atoms with E-state index >= 15 is 0 Å². The minimum absolute atomic E-state index is 0.303. The lowest BCUT2D eigenvalue weighted by Crippen LogP contribution is -2.08. The zero-order chi connectivity index (χ0) is 22.4. The molecule has 0 atom stereocenters. The highest BCUT2D eigenvalue weighted by molar-refractivity contribution is 5.79. The number of nitrogens with zero attached hydrogens (tertiary/aromatic N) is 2. The maximum atomic E-state index is 13.3. The Kier molecular flexibility index (Phi) is 6.43. The first kappa shape index (κ1) is 21.7. The number of benzene rings is 3. The number of rotatable bonds is 6. The van der Waals surface area contributed by atoms with Crippen LogP contribution < -0.4 is 4.74 Å². The Balaban J connectivity index is 1.73. The standard InChI is InChI=1S/C25H17F3N2O/c1-17(21-7-8-22(16-30)24(14-21)25(26,27)28)20-4-2-3-18(13-20)11-12-31-23-9-5-19(15-29)6-10-23/h2-10,13-14H,1,11-12H2. The second kappa shape index (κ2) is 9.19. The van der Waals surface area contributed by atoms with Gasteiger partial charge in [0.1, 0.15) is 5.75 Å². The van der Waals surface area contributed by atoms with Crippen molar-refractivity contribution in [3.63, 3.8) is 0 Å². The Morgan fingerprint density at radius 1 is 0.903 bits per heavy atom. The number of hydrogen-bond donors (Lipinski definition) is 0. The van der Waals surface area contributed by atoms with Crippen molar-refractivity contribution in [1.29, 1.82) is 10.5 Å². The van der Waals surface area contributed by atoms with Gasteiger partial charge in [-0.05, 0) is 58.7 Å². The molecule has 0 radical (unpaired) electrons. The highest BCUT2D eigenvalue weighted by atomic mass is 19.4. The van der Waals surface area contributed by atoms with E-state index in [-0.39, 0.29) is 0 Å². The van der Waals surface area contributed by atoms with Gasteiger partial charge in [-0.3, -0.25) is 0 Å². The van der Waals surface area contributed by atoms with Gasteiger partial charge in [-0.15, -0.1) is 0 Å². The first-order valence-corrected chi connectivity index (χ1v) is 9.34. The number of hydrogen-bond acceptors (Lipinski definition) is 3. The van der Waals surface area contributed by atoms with Crippen LogP contribution in [0.5, 0.6) is 5.75 Å². The van der Waals surface area contributed by atoms with Gasteiger partial charge in [-0.2, -0.15) is 23.7 Å². The molecule has 0 saturated carbocycles. The lowest BCUT2D eigenvalue weighted by molar-refractivity contribution is -0.137. The Morgan fingerprint density at radius 3 is 2.26 bits per heavy atom. The third-order valence-corrected chi connectivity index (χ3v) is 4.71. The second-order valence-corrected chi connectivity index (χ2v) is 6.78. The molecule has 0 fully saturated rings. The van der Waals surface area contributed by atoms with Gasteiger partial charge in [-0.1, -0.05) is 36.9 Å². The molecule has 0 unspecified atom stereocenters. The minimum atomic E-state index is -4.62. The van der Waals surface area contributed by atoms with Gasteiger partial charge in [0, 0.05) is 6.42 Å². The van der Waals surface area contributed by atoms with Crippen LogP contribution in [0, 0.1) is 22.7 Å². The van der Waals surface area contributed by atoms with Crippen molar-refractivity contribution in [2.75, 3.05) is 6.61 Å². The van der Waals surface area contributed by atoms with E-state index in [1.807, 2.05) is 24.3 Å². The molecule has 0 saturated heterocycles. The van der Waals surface area contributed by atoms with Crippen LogP contribution in [0.2, 0.25) is 0 Å². The maximum absolute atomic E-state index is 13.3. The highest BCUT2D eigenvalue weighted by Gasteiger charge is 2.34. The van der Waals surface area contributed by atoms with Crippen molar-refractivity contribution in [3.05, 3.63) is 107 Å². The summed E-state index contributed by atoms with van der Waals surface area (Å²) in [6.45, 7) is 4.35. The number of nitriles is 2. The summed E-state index contributed by atoms with van der Waals surface area (Å²) in [6.07, 6.45) is -4.03. The maximum Gasteiger partial charge on any atom is 0.417 e. The van der Waals surface area contributed by atoms with Crippen molar-refractivity contribution in [2.24, 2.45) is 0 Å². The van der Waals surface area contributed by atoms with Crippen LogP contribution in [0.15, 0.2) is 73.3 Å². The molecule has 3 aromatic rings. The van der Waals surface area contributed by atoms with Gasteiger partial charge >= 0.3 is 6.18 Å². The van der Waals surface area contributed by atoms with Crippen molar-refractivity contribution in [2.45, 2.75) is 12.6 Å². The van der Waals surface area contributed by atoms with Crippen LogP contribution >= 0.6 is 0 Å². The van der Waals surface area contributed by atoms with Crippen LogP contribution in [0.4, 0.5) is 13.2 Å². The zero-order valence-electron chi connectivity index (χ0n) is 16.4. The van der Waals surface area contributed by atoms with E-state index in [4.69, 9.17) is 15.3 Å². The highest BCUT2D eigenvalue weighted by Crippen LogP contribution is 2.34. The molecule has 3 nitrogen and oxygen atoms in total. The van der Waals surface area contributed by atoms with Gasteiger partial charge in [0.2, 0.25) is 0 Å². The van der Waals surface area contributed by atoms with Gasteiger partial charge in [0.05, 0.1) is 35.4 Å². The molecule has 6 heteroatoms. The van der Waals surface area contributed by atoms with Crippen LogP contribution in [-0.4, -0.2) is 6.61 Å². The third kappa shape index (κ3) is 5.32. The summed E-state index contributed by atoms with van der Waals surface area (Å²) < 4.78 is 45.5. The Labute approximate surface area is 178 Å². The van der Waals surface area contributed by atoms with E-state index in [2.05, 4.69) is 6.58 Å². The van der Waals surface area contributed by atoms with Gasteiger partial charge in [0.25, 0.3) is 0 Å². The van der Waals surface area contributed by atoms with E-state index in [1.54, 1.807) is 36.4 Å². The Hall–Kier alpha value is -4.03. The van der Waals surface area contributed by atoms with E-state index in [9.17, 15) is 13.2 Å². The monoisotopic (exact) mass is 418 g/mol. The fraction of sp³-hybridized carbons (Fsp3) is 0.120. The molecule has 31 heavy (non-hydrogen) atoms. The van der Waals surface area contributed by atoms with Gasteiger partial charge < -0.3 is 4.74 Å². The Morgan fingerprint density at radius 2 is 1.61 bits per heavy atom. The second-order valence-electron chi connectivity index (χ2n) is 6.78. The predicted molar refractivity (Wildman–Crippen MR) is 111 cm³/mol. The molecule has 0 aliphatic rings. The molecule has 0 N–H and O–H groups in total. The molecule has 0 aromatic heterocycles. The molecule has 154 valence electrons. The minimum Gasteiger partial charge on any atom is -0.493 e.